The molecule has 40 heavy (non-hydrogen) atoms. The van der Waals surface area contributed by atoms with E-state index in [1.807, 2.05) is 0 Å². The first-order valence-electron chi connectivity index (χ1n) is 13.4. The van der Waals surface area contributed by atoms with Crippen LogP contribution in [0.2, 0.25) is 0 Å². The number of nitrogens with one attached hydrogen (secondary N) is 1. The number of piperazine rings is 1. The number of aromatic nitrogens is 2. The minimum absolute atomic E-state index is 0.00912. The predicted octanol–water partition coefficient (Wildman–Crippen LogP) is 3.58. The number of amides is 2. The molecule has 1 aliphatic heterocycles. The summed E-state index contributed by atoms with van der Waals surface area (Å²) in [4.78, 5) is 49.4. The number of sulfonamides is 1. The Bertz CT molecular complexity index is 1460. The van der Waals surface area contributed by atoms with Crippen LogP contribution in [-0.4, -0.2) is 70.9 Å². The number of hydrogen-bond donors (Lipinski definition) is 1. The zero-order chi connectivity index (χ0) is 28.1. The third-order valence-corrected chi connectivity index (χ3v) is 10.1. The maximum Gasteiger partial charge on any atom is 0.248 e. The first kappa shape index (κ1) is 28.1. The standard InChI is InChI=1S/C28H31N5O5S2/c34-25-19-32(40(37,38)24-11-5-4-10-22(24)26(35)21-9-6-12-29-18-21)14-15-33(25)23(17-20-7-2-1-3-8-20)27(36)31-28-30-13-16-39-28/h4-6,9-13,16,18,20,23H,1-3,7-8,14-15,17,19H2,(H,30,31,36)/t23-/m0/s1. The van der Waals surface area contributed by atoms with Crippen molar-refractivity contribution in [1.82, 2.24) is 19.2 Å². The Morgan fingerprint density at radius 2 is 1.85 bits per heavy atom. The van der Waals surface area contributed by atoms with Crippen LogP contribution in [-0.2, 0) is 19.6 Å². The number of anilines is 1. The van der Waals surface area contributed by atoms with Gasteiger partial charge in [-0.25, -0.2) is 13.4 Å². The van der Waals surface area contributed by atoms with E-state index in [0.717, 1.165) is 30.0 Å². The van der Waals surface area contributed by atoms with Gasteiger partial charge in [0.15, 0.2) is 10.9 Å². The summed E-state index contributed by atoms with van der Waals surface area (Å²) in [6.07, 6.45) is 10.4. The Labute approximate surface area is 237 Å². The van der Waals surface area contributed by atoms with Crippen molar-refractivity contribution in [2.45, 2.75) is 49.5 Å². The van der Waals surface area contributed by atoms with E-state index < -0.39 is 34.3 Å². The van der Waals surface area contributed by atoms with Crippen LogP contribution in [0.25, 0.3) is 0 Å². The predicted molar refractivity (Wildman–Crippen MR) is 150 cm³/mol. The second kappa shape index (κ2) is 12.4. The Morgan fingerprint density at radius 3 is 2.55 bits per heavy atom. The molecule has 12 heteroatoms. The Morgan fingerprint density at radius 1 is 1.05 bits per heavy atom. The Balaban J connectivity index is 1.35. The van der Waals surface area contributed by atoms with Crippen molar-refractivity contribution in [2.24, 2.45) is 5.92 Å². The highest BCUT2D eigenvalue weighted by molar-refractivity contribution is 7.89. The lowest BCUT2D eigenvalue weighted by molar-refractivity contribution is -0.142. The molecule has 5 rings (SSSR count). The molecule has 1 aromatic carbocycles. The SMILES string of the molecule is O=C(c1cccnc1)c1ccccc1S(=O)(=O)N1CCN([C@@H](CC2CCCCC2)C(=O)Nc2nccs2)C(=O)C1. The van der Waals surface area contributed by atoms with Crippen molar-refractivity contribution in [3.8, 4) is 0 Å². The van der Waals surface area contributed by atoms with Crippen molar-refractivity contribution in [1.29, 1.82) is 0 Å². The molecule has 2 aromatic heterocycles. The molecule has 1 atom stereocenters. The number of benzene rings is 1. The van der Waals surface area contributed by atoms with E-state index in [4.69, 9.17) is 0 Å². The van der Waals surface area contributed by atoms with Crippen LogP contribution in [0.15, 0.2) is 65.3 Å². The summed E-state index contributed by atoms with van der Waals surface area (Å²) in [6, 6.07) is 8.45. The van der Waals surface area contributed by atoms with Crippen molar-refractivity contribution >= 4 is 44.1 Å². The minimum Gasteiger partial charge on any atom is -0.328 e. The summed E-state index contributed by atoms with van der Waals surface area (Å²) in [5.41, 5.74) is 0.284. The van der Waals surface area contributed by atoms with E-state index in [-0.39, 0.29) is 35.0 Å². The van der Waals surface area contributed by atoms with Gasteiger partial charge in [0.1, 0.15) is 6.04 Å². The fourth-order valence-corrected chi connectivity index (χ4v) is 7.56. The van der Waals surface area contributed by atoms with E-state index in [9.17, 15) is 22.8 Å². The third-order valence-electron chi connectivity index (χ3n) is 7.52. The number of nitrogens with zero attached hydrogens (tertiary/aromatic N) is 4. The molecule has 0 bridgehead atoms. The minimum atomic E-state index is -4.18. The van der Waals surface area contributed by atoms with Gasteiger partial charge in [0.2, 0.25) is 21.8 Å². The van der Waals surface area contributed by atoms with Gasteiger partial charge >= 0.3 is 0 Å². The van der Waals surface area contributed by atoms with Crippen LogP contribution in [0.1, 0.15) is 54.4 Å². The fourth-order valence-electron chi connectivity index (χ4n) is 5.46. The first-order valence-corrected chi connectivity index (χ1v) is 15.7. The lowest BCUT2D eigenvalue weighted by Crippen LogP contribution is -2.58. The van der Waals surface area contributed by atoms with Crippen LogP contribution >= 0.6 is 11.3 Å². The number of carbonyl (C=O) groups excluding carboxylic acids is 3. The molecule has 1 aliphatic carbocycles. The van der Waals surface area contributed by atoms with Gasteiger partial charge in [-0.15, -0.1) is 11.3 Å². The van der Waals surface area contributed by atoms with Gasteiger partial charge in [0, 0.05) is 48.2 Å². The van der Waals surface area contributed by atoms with Gasteiger partial charge in [0.25, 0.3) is 0 Å². The van der Waals surface area contributed by atoms with Gasteiger partial charge in [-0.05, 0) is 36.6 Å². The highest BCUT2D eigenvalue weighted by Gasteiger charge is 2.40. The summed E-state index contributed by atoms with van der Waals surface area (Å²) >= 11 is 1.30. The van der Waals surface area contributed by atoms with E-state index in [0.29, 0.717) is 17.5 Å². The Hall–Kier alpha value is -3.48. The molecule has 2 fully saturated rings. The summed E-state index contributed by atoms with van der Waals surface area (Å²) in [5, 5.41) is 5.05. The molecule has 1 saturated carbocycles. The lowest BCUT2D eigenvalue weighted by Gasteiger charge is -2.39. The molecule has 10 nitrogen and oxygen atoms in total. The van der Waals surface area contributed by atoms with Crippen molar-refractivity contribution in [3.63, 3.8) is 0 Å². The number of hydrogen-bond acceptors (Lipinski definition) is 8. The molecule has 0 radical (unpaired) electrons. The topological polar surface area (TPSA) is 130 Å². The van der Waals surface area contributed by atoms with Crippen molar-refractivity contribution in [2.75, 3.05) is 25.0 Å². The summed E-state index contributed by atoms with van der Waals surface area (Å²) in [5.74, 6) is -0.900. The first-order chi connectivity index (χ1) is 19.3. The van der Waals surface area contributed by atoms with Crippen LogP contribution < -0.4 is 5.32 Å². The molecule has 0 spiro atoms. The van der Waals surface area contributed by atoms with Gasteiger partial charge < -0.3 is 10.2 Å². The van der Waals surface area contributed by atoms with Gasteiger partial charge in [-0.2, -0.15) is 4.31 Å². The van der Waals surface area contributed by atoms with Gasteiger partial charge in [0.05, 0.1) is 11.4 Å². The normalized spacial score (nSPS) is 17.9. The lowest BCUT2D eigenvalue weighted by atomic mass is 9.84. The summed E-state index contributed by atoms with van der Waals surface area (Å²) in [6.45, 7) is -0.335. The second-order valence-corrected chi connectivity index (χ2v) is 12.9. The summed E-state index contributed by atoms with van der Waals surface area (Å²) in [7, 11) is -4.18. The molecule has 1 N–H and O–H groups in total. The molecule has 2 amide bonds. The number of carbonyl (C=O) groups is 3. The molecule has 0 unspecified atom stereocenters. The Kier molecular flexibility index (Phi) is 8.67. The van der Waals surface area contributed by atoms with E-state index in [1.165, 1.54) is 47.2 Å². The fraction of sp³-hybridized carbons (Fsp3) is 0.393. The van der Waals surface area contributed by atoms with Crippen molar-refractivity contribution in [3.05, 3.63) is 71.5 Å². The van der Waals surface area contributed by atoms with Gasteiger partial charge in [-0.3, -0.25) is 19.4 Å². The maximum atomic E-state index is 13.7. The highest BCUT2D eigenvalue weighted by atomic mass is 32.2. The zero-order valence-electron chi connectivity index (χ0n) is 21.9. The maximum absolute atomic E-state index is 13.7. The molecule has 3 heterocycles. The summed E-state index contributed by atoms with van der Waals surface area (Å²) < 4.78 is 28.6. The average molecular weight is 582 g/mol. The second-order valence-electron chi connectivity index (χ2n) is 10.1. The molecule has 2 aliphatic rings. The average Bonchev–Trinajstić information content (AvgIpc) is 3.49. The zero-order valence-corrected chi connectivity index (χ0v) is 23.6. The van der Waals surface area contributed by atoms with Crippen LogP contribution in [0.5, 0.6) is 0 Å². The molecule has 3 aromatic rings. The van der Waals surface area contributed by atoms with E-state index in [1.54, 1.807) is 35.8 Å². The van der Waals surface area contributed by atoms with Crippen LogP contribution in [0.4, 0.5) is 5.13 Å². The van der Waals surface area contributed by atoms with Gasteiger partial charge in [-0.1, -0.05) is 44.2 Å². The van der Waals surface area contributed by atoms with E-state index in [2.05, 4.69) is 15.3 Å². The number of thiazole rings is 1. The largest absolute Gasteiger partial charge is 0.328 e. The molecular weight excluding hydrogens is 550 g/mol. The van der Waals surface area contributed by atoms with Crippen LogP contribution in [0, 0.1) is 5.92 Å². The molecule has 210 valence electrons. The third kappa shape index (κ3) is 6.13. The number of pyridine rings is 1. The van der Waals surface area contributed by atoms with Crippen LogP contribution in [0.3, 0.4) is 0 Å². The quantitative estimate of drug-likeness (QED) is 0.382. The highest BCUT2D eigenvalue weighted by Crippen LogP contribution is 2.31. The van der Waals surface area contributed by atoms with E-state index >= 15 is 0 Å². The molecular formula is C28H31N5O5S2. The smallest absolute Gasteiger partial charge is 0.248 e. The van der Waals surface area contributed by atoms with Crippen molar-refractivity contribution < 1.29 is 22.8 Å². The molecule has 1 saturated heterocycles. The number of ketones is 1. The monoisotopic (exact) mass is 581 g/mol. The number of rotatable bonds is 9.